The van der Waals surface area contributed by atoms with Crippen LogP contribution >= 0.6 is 0 Å². The molecule has 2 rings (SSSR count). The maximum absolute atomic E-state index is 5.34. The van der Waals surface area contributed by atoms with Crippen molar-refractivity contribution in [1.82, 2.24) is 5.01 Å². The molecule has 0 bridgehead atoms. The summed E-state index contributed by atoms with van der Waals surface area (Å²) in [5, 5.41) is 6.00. The van der Waals surface area contributed by atoms with E-state index in [1.807, 2.05) is 20.3 Å². The van der Waals surface area contributed by atoms with E-state index in [2.05, 4.69) is 34.3 Å². The van der Waals surface area contributed by atoms with Crippen LogP contribution in [0.2, 0.25) is 0 Å². The molecule has 0 atom stereocenters. The third kappa shape index (κ3) is 3.46. The monoisotopic (exact) mass is 233 g/mol. The summed E-state index contributed by atoms with van der Waals surface area (Å²) < 4.78 is 5.34. The van der Waals surface area contributed by atoms with Gasteiger partial charge in [-0.15, -0.1) is 0 Å². The number of nitrogens with zero attached hydrogens (tertiary/aromatic N) is 3. The van der Waals surface area contributed by atoms with Gasteiger partial charge < -0.3 is 14.6 Å². The van der Waals surface area contributed by atoms with Gasteiger partial charge in [-0.2, -0.15) is 5.10 Å². The van der Waals surface area contributed by atoms with Crippen LogP contribution in [0.3, 0.4) is 0 Å². The molecule has 0 saturated carbocycles. The first kappa shape index (κ1) is 11.9. The molecule has 1 saturated heterocycles. The van der Waals surface area contributed by atoms with E-state index in [1.54, 1.807) is 5.01 Å². The van der Waals surface area contributed by atoms with Gasteiger partial charge in [-0.1, -0.05) is 12.1 Å². The molecule has 1 aliphatic rings. The fourth-order valence-corrected chi connectivity index (χ4v) is 1.77. The number of rotatable bonds is 3. The lowest BCUT2D eigenvalue weighted by atomic mass is 10.2. The quantitative estimate of drug-likeness (QED) is 0.584. The van der Waals surface area contributed by atoms with Gasteiger partial charge in [-0.05, 0) is 17.7 Å². The molecule has 0 unspecified atom stereocenters. The lowest BCUT2D eigenvalue weighted by Crippen LogP contribution is -2.36. The van der Waals surface area contributed by atoms with E-state index in [-0.39, 0.29) is 0 Å². The van der Waals surface area contributed by atoms with E-state index in [0.29, 0.717) is 0 Å². The van der Waals surface area contributed by atoms with Gasteiger partial charge in [0.05, 0.1) is 19.4 Å². The van der Waals surface area contributed by atoms with E-state index in [4.69, 9.17) is 4.74 Å². The Balaban J connectivity index is 2.01. The van der Waals surface area contributed by atoms with E-state index in [9.17, 15) is 0 Å². The number of morpholine rings is 1. The SMILES string of the molecule is CN(C)/N=C\c1ccc(N2CCOCC2)cc1. The number of anilines is 1. The van der Waals surface area contributed by atoms with Crippen LogP contribution in [-0.4, -0.2) is 51.6 Å². The van der Waals surface area contributed by atoms with Crippen molar-refractivity contribution < 1.29 is 4.74 Å². The molecule has 1 heterocycles. The first-order valence-corrected chi connectivity index (χ1v) is 5.90. The van der Waals surface area contributed by atoms with Gasteiger partial charge in [-0.3, -0.25) is 0 Å². The van der Waals surface area contributed by atoms with Crippen LogP contribution in [0.4, 0.5) is 5.69 Å². The van der Waals surface area contributed by atoms with E-state index >= 15 is 0 Å². The fraction of sp³-hybridized carbons (Fsp3) is 0.462. The minimum atomic E-state index is 0.823. The Morgan fingerprint density at radius 2 is 1.82 bits per heavy atom. The second-order valence-corrected chi connectivity index (χ2v) is 4.28. The molecule has 0 N–H and O–H groups in total. The molecular weight excluding hydrogens is 214 g/mol. The van der Waals surface area contributed by atoms with E-state index in [1.165, 1.54) is 5.69 Å². The van der Waals surface area contributed by atoms with Gasteiger partial charge in [0.1, 0.15) is 0 Å². The zero-order chi connectivity index (χ0) is 12.1. The maximum atomic E-state index is 5.34. The Kier molecular flexibility index (Phi) is 3.98. The lowest BCUT2D eigenvalue weighted by molar-refractivity contribution is 0.122. The Bertz CT molecular complexity index is 367. The topological polar surface area (TPSA) is 28.1 Å². The molecule has 0 radical (unpaired) electrons. The molecular formula is C13H19N3O. The molecule has 0 amide bonds. The molecule has 92 valence electrons. The fourth-order valence-electron chi connectivity index (χ4n) is 1.77. The van der Waals surface area contributed by atoms with Gasteiger partial charge in [0.15, 0.2) is 0 Å². The smallest absolute Gasteiger partial charge is 0.0642 e. The molecule has 0 aromatic heterocycles. The average molecular weight is 233 g/mol. The molecule has 0 spiro atoms. The molecule has 4 nitrogen and oxygen atoms in total. The first-order chi connectivity index (χ1) is 8.25. The molecule has 1 aromatic carbocycles. The number of ether oxygens (including phenoxy) is 1. The minimum Gasteiger partial charge on any atom is -0.378 e. The Hall–Kier alpha value is -1.55. The molecule has 1 aromatic rings. The van der Waals surface area contributed by atoms with Crippen LogP contribution in [-0.2, 0) is 4.74 Å². The predicted octanol–water partition coefficient (Wildman–Crippen LogP) is 1.42. The zero-order valence-electron chi connectivity index (χ0n) is 10.5. The molecule has 0 aliphatic carbocycles. The molecule has 17 heavy (non-hydrogen) atoms. The van der Waals surface area contributed by atoms with Crippen molar-refractivity contribution >= 4 is 11.9 Å². The summed E-state index contributed by atoms with van der Waals surface area (Å²) in [4.78, 5) is 2.34. The van der Waals surface area contributed by atoms with Crippen LogP contribution in [0.15, 0.2) is 29.4 Å². The van der Waals surface area contributed by atoms with Crippen LogP contribution in [0.25, 0.3) is 0 Å². The van der Waals surface area contributed by atoms with E-state index < -0.39 is 0 Å². The summed E-state index contributed by atoms with van der Waals surface area (Å²) in [6.45, 7) is 3.60. The Morgan fingerprint density at radius 1 is 1.18 bits per heavy atom. The molecule has 4 heteroatoms. The number of benzene rings is 1. The number of hydrogen-bond acceptors (Lipinski definition) is 4. The highest BCUT2D eigenvalue weighted by Crippen LogP contribution is 2.15. The van der Waals surface area contributed by atoms with E-state index in [0.717, 1.165) is 31.9 Å². The van der Waals surface area contributed by atoms with Crippen molar-refractivity contribution in [1.29, 1.82) is 0 Å². The molecule has 1 aliphatic heterocycles. The number of hydrazone groups is 1. The van der Waals surface area contributed by atoms with Crippen molar-refractivity contribution in [2.75, 3.05) is 45.3 Å². The Morgan fingerprint density at radius 3 is 2.41 bits per heavy atom. The summed E-state index contributed by atoms with van der Waals surface area (Å²) in [6.07, 6.45) is 1.86. The van der Waals surface area contributed by atoms with Crippen LogP contribution < -0.4 is 4.90 Å². The van der Waals surface area contributed by atoms with Crippen LogP contribution in [0, 0.1) is 0 Å². The zero-order valence-corrected chi connectivity index (χ0v) is 10.5. The highest BCUT2D eigenvalue weighted by atomic mass is 16.5. The van der Waals surface area contributed by atoms with Gasteiger partial charge in [0, 0.05) is 32.9 Å². The van der Waals surface area contributed by atoms with Crippen LogP contribution in [0.5, 0.6) is 0 Å². The van der Waals surface area contributed by atoms with Crippen molar-refractivity contribution in [3.05, 3.63) is 29.8 Å². The second kappa shape index (κ2) is 5.68. The van der Waals surface area contributed by atoms with Gasteiger partial charge >= 0.3 is 0 Å². The largest absolute Gasteiger partial charge is 0.378 e. The summed E-state index contributed by atoms with van der Waals surface area (Å²) in [5.41, 5.74) is 2.38. The Labute approximate surface area is 102 Å². The van der Waals surface area contributed by atoms with Crippen molar-refractivity contribution in [3.8, 4) is 0 Å². The summed E-state index contributed by atoms with van der Waals surface area (Å²) in [7, 11) is 3.83. The van der Waals surface area contributed by atoms with Crippen LogP contribution in [0.1, 0.15) is 5.56 Å². The lowest BCUT2D eigenvalue weighted by Gasteiger charge is -2.28. The average Bonchev–Trinajstić information content (AvgIpc) is 2.38. The highest BCUT2D eigenvalue weighted by molar-refractivity contribution is 5.80. The van der Waals surface area contributed by atoms with Crippen molar-refractivity contribution in [2.24, 2.45) is 5.10 Å². The van der Waals surface area contributed by atoms with Gasteiger partial charge in [-0.25, -0.2) is 0 Å². The third-order valence-electron chi connectivity index (χ3n) is 2.71. The summed E-state index contributed by atoms with van der Waals surface area (Å²) in [5.74, 6) is 0. The minimum absolute atomic E-state index is 0.823. The first-order valence-electron chi connectivity index (χ1n) is 5.90. The van der Waals surface area contributed by atoms with Gasteiger partial charge in [0.2, 0.25) is 0 Å². The summed E-state index contributed by atoms with van der Waals surface area (Å²) >= 11 is 0. The summed E-state index contributed by atoms with van der Waals surface area (Å²) in [6, 6.07) is 8.47. The van der Waals surface area contributed by atoms with Gasteiger partial charge in [0.25, 0.3) is 0 Å². The number of hydrogen-bond donors (Lipinski definition) is 0. The van der Waals surface area contributed by atoms with Crippen molar-refractivity contribution in [2.45, 2.75) is 0 Å². The highest BCUT2D eigenvalue weighted by Gasteiger charge is 2.10. The standard InChI is InChI=1S/C13H19N3O/c1-15(2)14-11-12-3-5-13(6-4-12)16-7-9-17-10-8-16/h3-6,11H,7-10H2,1-2H3/b14-11-. The normalized spacial score (nSPS) is 16.5. The third-order valence-corrected chi connectivity index (χ3v) is 2.71. The second-order valence-electron chi connectivity index (χ2n) is 4.28. The molecule has 1 fully saturated rings. The predicted molar refractivity (Wildman–Crippen MR) is 70.8 cm³/mol. The van der Waals surface area contributed by atoms with Crippen molar-refractivity contribution in [3.63, 3.8) is 0 Å². The maximum Gasteiger partial charge on any atom is 0.0642 e.